The van der Waals surface area contributed by atoms with Crippen LogP contribution < -0.4 is 5.32 Å². The van der Waals surface area contributed by atoms with Gasteiger partial charge in [-0.05, 0) is 12.8 Å². The molecular formula is C5H7NO2. The van der Waals surface area contributed by atoms with Crippen LogP contribution >= 0.6 is 0 Å². The Kier molecular flexibility index (Phi) is 1.04. The molecule has 44 valence electrons. The Morgan fingerprint density at radius 2 is 2.00 bits per heavy atom. The van der Waals surface area contributed by atoms with E-state index in [1.165, 1.54) is 0 Å². The van der Waals surface area contributed by atoms with Crippen LogP contribution in [0, 0.1) is 0 Å². The van der Waals surface area contributed by atoms with Crippen LogP contribution in [-0.2, 0) is 9.59 Å². The van der Waals surface area contributed by atoms with Crippen molar-refractivity contribution < 1.29 is 9.59 Å². The summed E-state index contributed by atoms with van der Waals surface area (Å²) in [6.45, 7) is 0. The Hall–Kier alpha value is -0.860. The van der Waals surface area contributed by atoms with Crippen LogP contribution in [0.4, 0.5) is 0 Å². The molecule has 1 aliphatic rings. The number of hydrogen-bond donors (Lipinski definition) is 1. The zero-order chi connectivity index (χ0) is 6.04. The summed E-state index contributed by atoms with van der Waals surface area (Å²) in [7, 11) is 0. The van der Waals surface area contributed by atoms with E-state index >= 15 is 0 Å². The molecule has 1 amide bonds. The van der Waals surface area contributed by atoms with Crippen molar-refractivity contribution in [1.29, 1.82) is 0 Å². The van der Waals surface area contributed by atoms with Gasteiger partial charge in [0.25, 0.3) is 0 Å². The predicted octanol–water partition coefficient (Wildman–Crippen LogP) is -0.536. The van der Waals surface area contributed by atoms with Crippen molar-refractivity contribution in [2.75, 3.05) is 0 Å². The molecule has 0 heterocycles. The fourth-order valence-electron chi connectivity index (χ4n) is 0.548. The minimum Gasteiger partial charge on any atom is -0.346 e. The molecular weight excluding hydrogens is 106 g/mol. The SMILES string of the molecule is O=CNC1(C=O)CC1. The van der Waals surface area contributed by atoms with E-state index in [2.05, 4.69) is 5.32 Å². The van der Waals surface area contributed by atoms with Crippen LogP contribution in [0.5, 0.6) is 0 Å². The topological polar surface area (TPSA) is 46.2 Å². The normalized spacial score (nSPS) is 21.5. The first-order valence-corrected chi connectivity index (χ1v) is 2.51. The average molecular weight is 113 g/mol. The van der Waals surface area contributed by atoms with Crippen LogP contribution in [0.2, 0.25) is 0 Å². The van der Waals surface area contributed by atoms with E-state index in [4.69, 9.17) is 0 Å². The lowest BCUT2D eigenvalue weighted by atomic mass is 10.3. The summed E-state index contributed by atoms with van der Waals surface area (Å²) in [5.74, 6) is 0. The van der Waals surface area contributed by atoms with E-state index in [0.717, 1.165) is 19.1 Å². The zero-order valence-corrected chi connectivity index (χ0v) is 4.39. The van der Waals surface area contributed by atoms with Gasteiger partial charge in [-0.3, -0.25) is 4.79 Å². The molecule has 1 N–H and O–H groups in total. The Bertz CT molecular complexity index is 118. The molecule has 1 saturated carbocycles. The lowest BCUT2D eigenvalue weighted by molar-refractivity contribution is -0.116. The van der Waals surface area contributed by atoms with Crippen LogP contribution in [0.1, 0.15) is 12.8 Å². The van der Waals surface area contributed by atoms with Crippen LogP contribution in [-0.4, -0.2) is 18.2 Å². The van der Waals surface area contributed by atoms with Gasteiger partial charge in [0.15, 0.2) is 0 Å². The summed E-state index contributed by atoms with van der Waals surface area (Å²) >= 11 is 0. The second kappa shape index (κ2) is 1.58. The summed E-state index contributed by atoms with van der Waals surface area (Å²) in [4.78, 5) is 19.8. The molecule has 1 rings (SSSR count). The maximum absolute atomic E-state index is 10.1. The number of rotatable bonds is 3. The summed E-state index contributed by atoms with van der Waals surface area (Å²) in [6, 6.07) is 0. The first-order valence-electron chi connectivity index (χ1n) is 2.51. The average Bonchev–Trinajstić information content (AvgIpc) is 2.50. The van der Waals surface area contributed by atoms with Gasteiger partial charge in [0.1, 0.15) is 6.29 Å². The number of hydrogen-bond acceptors (Lipinski definition) is 2. The number of carbonyl (C=O) groups is 2. The van der Waals surface area contributed by atoms with Gasteiger partial charge in [0.05, 0.1) is 5.54 Å². The summed E-state index contributed by atoms with van der Waals surface area (Å²) in [5, 5.41) is 2.43. The van der Waals surface area contributed by atoms with Gasteiger partial charge in [-0.1, -0.05) is 0 Å². The highest BCUT2D eigenvalue weighted by molar-refractivity contribution is 5.73. The van der Waals surface area contributed by atoms with Gasteiger partial charge in [0.2, 0.25) is 6.41 Å². The number of amides is 1. The van der Waals surface area contributed by atoms with E-state index in [1.807, 2.05) is 0 Å². The summed E-state index contributed by atoms with van der Waals surface area (Å²) in [6.07, 6.45) is 2.97. The van der Waals surface area contributed by atoms with Crippen LogP contribution in [0.3, 0.4) is 0 Å². The molecule has 3 heteroatoms. The highest BCUT2D eigenvalue weighted by Gasteiger charge is 2.41. The largest absolute Gasteiger partial charge is 0.346 e. The minimum absolute atomic E-state index is 0.457. The van der Waals surface area contributed by atoms with E-state index in [0.29, 0.717) is 6.41 Å². The third-order valence-electron chi connectivity index (χ3n) is 1.36. The molecule has 0 bridgehead atoms. The van der Waals surface area contributed by atoms with Crippen molar-refractivity contribution in [1.82, 2.24) is 5.32 Å². The van der Waals surface area contributed by atoms with Gasteiger partial charge < -0.3 is 10.1 Å². The Morgan fingerprint density at radius 1 is 1.38 bits per heavy atom. The molecule has 0 radical (unpaired) electrons. The van der Waals surface area contributed by atoms with E-state index in [-0.39, 0.29) is 0 Å². The molecule has 0 aromatic carbocycles. The maximum atomic E-state index is 10.1. The molecule has 0 aliphatic heterocycles. The van der Waals surface area contributed by atoms with Crippen molar-refractivity contribution >= 4 is 12.7 Å². The van der Waals surface area contributed by atoms with Crippen molar-refractivity contribution in [3.63, 3.8) is 0 Å². The third kappa shape index (κ3) is 0.710. The standard InChI is InChI=1S/C5H7NO2/c7-3-5(1-2-5)6-4-8/h3-4H,1-2H2,(H,6,8). The van der Waals surface area contributed by atoms with Gasteiger partial charge >= 0.3 is 0 Å². The first kappa shape index (κ1) is 5.28. The summed E-state index contributed by atoms with van der Waals surface area (Å²) in [5.41, 5.74) is -0.457. The number of nitrogens with one attached hydrogen (secondary N) is 1. The second-order valence-electron chi connectivity index (χ2n) is 2.04. The third-order valence-corrected chi connectivity index (χ3v) is 1.36. The Balaban J connectivity index is 2.40. The second-order valence-corrected chi connectivity index (χ2v) is 2.04. The molecule has 3 nitrogen and oxygen atoms in total. The van der Waals surface area contributed by atoms with Gasteiger partial charge in [0, 0.05) is 0 Å². The molecule has 1 fully saturated rings. The van der Waals surface area contributed by atoms with Crippen LogP contribution in [0.25, 0.3) is 0 Å². The predicted molar refractivity (Wildman–Crippen MR) is 27.2 cm³/mol. The fourth-order valence-corrected chi connectivity index (χ4v) is 0.548. The molecule has 0 atom stereocenters. The van der Waals surface area contributed by atoms with E-state index in [9.17, 15) is 9.59 Å². The van der Waals surface area contributed by atoms with E-state index < -0.39 is 5.54 Å². The molecule has 0 unspecified atom stereocenters. The molecule has 1 aliphatic carbocycles. The number of carbonyl (C=O) groups excluding carboxylic acids is 2. The van der Waals surface area contributed by atoms with Crippen molar-refractivity contribution in [3.8, 4) is 0 Å². The smallest absolute Gasteiger partial charge is 0.207 e. The van der Waals surface area contributed by atoms with Crippen molar-refractivity contribution in [3.05, 3.63) is 0 Å². The first-order chi connectivity index (χ1) is 3.83. The molecule has 0 aromatic heterocycles. The lowest BCUT2D eigenvalue weighted by Crippen LogP contribution is -2.30. The zero-order valence-electron chi connectivity index (χ0n) is 4.39. The lowest BCUT2D eigenvalue weighted by Gasteiger charge is -2.00. The van der Waals surface area contributed by atoms with Gasteiger partial charge in [-0.2, -0.15) is 0 Å². The molecule has 0 saturated heterocycles. The maximum Gasteiger partial charge on any atom is 0.207 e. The molecule has 0 aromatic rings. The minimum atomic E-state index is -0.457. The van der Waals surface area contributed by atoms with Crippen molar-refractivity contribution in [2.45, 2.75) is 18.4 Å². The number of aldehydes is 1. The summed E-state index contributed by atoms with van der Waals surface area (Å²) < 4.78 is 0. The van der Waals surface area contributed by atoms with E-state index in [1.54, 1.807) is 0 Å². The van der Waals surface area contributed by atoms with Gasteiger partial charge in [-0.25, -0.2) is 0 Å². The highest BCUT2D eigenvalue weighted by atomic mass is 16.1. The Labute approximate surface area is 47.1 Å². The molecule has 8 heavy (non-hydrogen) atoms. The monoisotopic (exact) mass is 113 g/mol. The van der Waals surface area contributed by atoms with Gasteiger partial charge in [-0.15, -0.1) is 0 Å². The highest BCUT2D eigenvalue weighted by Crippen LogP contribution is 2.31. The fraction of sp³-hybridized carbons (Fsp3) is 0.600. The molecule has 0 spiro atoms. The Morgan fingerprint density at radius 3 is 2.12 bits per heavy atom. The van der Waals surface area contributed by atoms with Crippen LogP contribution in [0.15, 0.2) is 0 Å². The van der Waals surface area contributed by atoms with Crippen molar-refractivity contribution in [2.24, 2.45) is 0 Å². The quantitative estimate of drug-likeness (QED) is 0.500.